The fraction of sp³-hybridized carbons (Fsp3) is 0.250. The van der Waals surface area contributed by atoms with Gasteiger partial charge in [0, 0.05) is 12.7 Å². The standard InChI is InChI=1S/C12H12N4O2/c13-12-14-5-8-1-3-16(6-10(8)15-12)11(17)9-2-4-18-7-9/h2,4-5,7H,1,3,6H2,(H2,13,14,15). The van der Waals surface area contributed by atoms with Crippen LogP contribution in [0.1, 0.15) is 21.6 Å². The lowest BCUT2D eigenvalue weighted by Gasteiger charge is -2.27. The van der Waals surface area contributed by atoms with Gasteiger partial charge in [-0.25, -0.2) is 9.97 Å². The number of nitrogens with two attached hydrogens (primary N) is 1. The van der Waals surface area contributed by atoms with Crippen molar-refractivity contribution in [1.29, 1.82) is 0 Å². The molecule has 0 saturated heterocycles. The highest BCUT2D eigenvalue weighted by atomic mass is 16.3. The van der Waals surface area contributed by atoms with Crippen molar-refractivity contribution in [2.45, 2.75) is 13.0 Å². The summed E-state index contributed by atoms with van der Waals surface area (Å²) in [5.41, 5.74) is 7.99. The van der Waals surface area contributed by atoms with Gasteiger partial charge in [0.2, 0.25) is 5.95 Å². The first kappa shape index (κ1) is 10.8. The minimum absolute atomic E-state index is 0.0495. The summed E-state index contributed by atoms with van der Waals surface area (Å²) >= 11 is 0. The number of aromatic nitrogens is 2. The zero-order valence-corrected chi connectivity index (χ0v) is 9.67. The predicted molar refractivity (Wildman–Crippen MR) is 63.6 cm³/mol. The van der Waals surface area contributed by atoms with Crippen molar-refractivity contribution in [1.82, 2.24) is 14.9 Å². The van der Waals surface area contributed by atoms with Crippen molar-refractivity contribution >= 4 is 11.9 Å². The van der Waals surface area contributed by atoms with Crippen LogP contribution >= 0.6 is 0 Å². The minimum Gasteiger partial charge on any atom is -0.472 e. The summed E-state index contributed by atoms with van der Waals surface area (Å²) in [5, 5.41) is 0. The summed E-state index contributed by atoms with van der Waals surface area (Å²) in [4.78, 5) is 22.0. The van der Waals surface area contributed by atoms with E-state index in [1.807, 2.05) is 0 Å². The van der Waals surface area contributed by atoms with Crippen LogP contribution < -0.4 is 5.73 Å². The molecule has 6 nitrogen and oxygen atoms in total. The summed E-state index contributed by atoms with van der Waals surface area (Å²) in [6.45, 7) is 1.12. The zero-order valence-electron chi connectivity index (χ0n) is 9.67. The van der Waals surface area contributed by atoms with Crippen LogP contribution in [0.15, 0.2) is 29.2 Å². The Morgan fingerprint density at radius 2 is 2.39 bits per heavy atom. The lowest BCUT2D eigenvalue weighted by atomic mass is 10.1. The summed E-state index contributed by atoms with van der Waals surface area (Å²) in [6, 6.07) is 1.66. The molecular formula is C12H12N4O2. The Balaban J connectivity index is 1.84. The minimum atomic E-state index is -0.0495. The fourth-order valence-corrected chi connectivity index (χ4v) is 2.06. The van der Waals surface area contributed by atoms with Gasteiger partial charge >= 0.3 is 0 Å². The quantitative estimate of drug-likeness (QED) is 0.803. The number of nitrogen functional groups attached to an aromatic ring is 1. The van der Waals surface area contributed by atoms with Crippen molar-refractivity contribution < 1.29 is 9.21 Å². The van der Waals surface area contributed by atoms with Crippen molar-refractivity contribution in [3.05, 3.63) is 41.6 Å². The number of amides is 1. The molecule has 1 aliphatic rings. The highest BCUT2D eigenvalue weighted by Gasteiger charge is 2.23. The van der Waals surface area contributed by atoms with Gasteiger partial charge in [0.05, 0.1) is 24.1 Å². The SMILES string of the molecule is Nc1ncc2c(n1)CN(C(=O)c1ccoc1)CC2. The predicted octanol–water partition coefficient (Wildman–Crippen LogP) is 0.850. The summed E-state index contributed by atoms with van der Waals surface area (Å²) in [7, 11) is 0. The second-order valence-corrected chi connectivity index (χ2v) is 4.19. The average Bonchev–Trinajstić information content (AvgIpc) is 2.90. The third-order valence-electron chi connectivity index (χ3n) is 3.02. The molecule has 0 aromatic carbocycles. The van der Waals surface area contributed by atoms with Gasteiger partial charge in [-0.05, 0) is 18.1 Å². The van der Waals surface area contributed by atoms with Crippen LogP contribution in [0.2, 0.25) is 0 Å². The van der Waals surface area contributed by atoms with Crippen LogP contribution in [0.25, 0.3) is 0 Å². The van der Waals surface area contributed by atoms with E-state index < -0.39 is 0 Å². The van der Waals surface area contributed by atoms with Crippen molar-refractivity contribution in [2.75, 3.05) is 12.3 Å². The number of hydrogen-bond acceptors (Lipinski definition) is 5. The molecule has 92 valence electrons. The Labute approximate surface area is 103 Å². The van der Waals surface area contributed by atoms with Crippen molar-refractivity contribution in [3.8, 4) is 0 Å². The Kier molecular flexibility index (Phi) is 2.47. The molecule has 3 heterocycles. The summed E-state index contributed by atoms with van der Waals surface area (Å²) in [6.07, 6.45) is 5.42. The number of hydrogen-bond donors (Lipinski definition) is 1. The lowest BCUT2D eigenvalue weighted by Crippen LogP contribution is -2.36. The molecule has 0 fully saturated rings. The Morgan fingerprint density at radius 3 is 3.17 bits per heavy atom. The topological polar surface area (TPSA) is 85.2 Å². The second kappa shape index (κ2) is 4.14. The molecule has 0 aliphatic carbocycles. The number of anilines is 1. The molecule has 18 heavy (non-hydrogen) atoms. The number of carbonyl (C=O) groups excluding carboxylic acids is 1. The highest BCUT2D eigenvalue weighted by Crippen LogP contribution is 2.19. The normalized spacial score (nSPS) is 14.3. The molecule has 0 unspecified atom stereocenters. The Hall–Kier alpha value is -2.37. The molecule has 3 rings (SSSR count). The van der Waals surface area contributed by atoms with E-state index in [1.54, 1.807) is 17.2 Å². The summed E-state index contributed by atoms with van der Waals surface area (Å²) in [5.74, 6) is 0.193. The second-order valence-electron chi connectivity index (χ2n) is 4.19. The van der Waals surface area contributed by atoms with Crippen LogP contribution in [0, 0.1) is 0 Å². The lowest BCUT2D eigenvalue weighted by molar-refractivity contribution is 0.0731. The van der Waals surface area contributed by atoms with E-state index in [4.69, 9.17) is 10.2 Å². The summed E-state index contributed by atoms with van der Waals surface area (Å²) < 4.78 is 4.92. The third kappa shape index (κ3) is 1.81. The van der Waals surface area contributed by atoms with E-state index >= 15 is 0 Å². The Bertz CT molecular complexity index is 580. The third-order valence-corrected chi connectivity index (χ3v) is 3.02. The van der Waals surface area contributed by atoms with E-state index in [9.17, 15) is 4.79 Å². The van der Waals surface area contributed by atoms with Crippen LogP contribution in [0.5, 0.6) is 0 Å². The molecule has 2 aromatic rings. The highest BCUT2D eigenvalue weighted by molar-refractivity contribution is 5.93. The van der Waals surface area contributed by atoms with Gasteiger partial charge in [-0.1, -0.05) is 0 Å². The molecular weight excluding hydrogens is 232 g/mol. The number of furan rings is 1. The largest absolute Gasteiger partial charge is 0.472 e. The number of fused-ring (bicyclic) bond motifs is 1. The molecule has 0 atom stereocenters. The molecule has 1 aliphatic heterocycles. The number of rotatable bonds is 1. The van der Waals surface area contributed by atoms with Crippen molar-refractivity contribution in [2.24, 2.45) is 0 Å². The first-order chi connectivity index (χ1) is 8.74. The first-order valence-electron chi connectivity index (χ1n) is 5.66. The van der Waals surface area contributed by atoms with Crippen LogP contribution in [0.4, 0.5) is 5.95 Å². The molecule has 0 saturated carbocycles. The molecule has 2 aromatic heterocycles. The number of nitrogens with zero attached hydrogens (tertiary/aromatic N) is 3. The molecule has 1 amide bonds. The first-order valence-corrected chi connectivity index (χ1v) is 5.66. The maximum atomic E-state index is 12.1. The monoisotopic (exact) mass is 244 g/mol. The van der Waals surface area contributed by atoms with Crippen LogP contribution in [0.3, 0.4) is 0 Å². The molecule has 0 spiro atoms. The van der Waals surface area contributed by atoms with Crippen LogP contribution in [-0.2, 0) is 13.0 Å². The average molecular weight is 244 g/mol. The van der Waals surface area contributed by atoms with E-state index in [0.29, 0.717) is 18.7 Å². The Morgan fingerprint density at radius 1 is 1.50 bits per heavy atom. The molecule has 2 N–H and O–H groups in total. The van der Waals surface area contributed by atoms with Gasteiger partial charge < -0.3 is 15.1 Å². The van der Waals surface area contributed by atoms with E-state index in [0.717, 1.165) is 17.7 Å². The van der Waals surface area contributed by atoms with E-state index in [-0.39, 0.29) is 11.9 Å². The van der Waals surface area contributed by atoms with Gasteiger partial charge in [0.25, 0.3) is 5.91 Å². The molecule has 0 bridgehead atoms. The van der Waals surface area contributed by atoms with E-state index in [2.05, 4.69) is 9.97 Å². The van der Waals surface area contributed by atoms with Crippen molar-refractivity contribution in [3.63, 3.8) is 0 Å². The number of carbonyl (C=O) groups is 1. The zero-order chi connectivity index (χ0) is 12.5. The maximum absolute atomic E-state index is 12.1. The molecule has 0 radical (unpaired) electrons. The van der Waals surface area contributed by atoms with Gasteiger partial charge in [-0.2, -0.15) is 0 Å². The van der Waals surface area contributed by atoms with Crippen LogP contribution in [-0.4, -0.2) is 27.3 Å². The smallest absolute Gasteiger partial charge is 0.257 e. The molecule has 6 heteroatoms. The van der Waals surface area contributed by atoms with E-state index in [1.165, 1.54) is 12.5 Å². The van der Waals surface area contributed by atoms with Gasteiger partial charge in [-0.15, -0.1) is 0 Å². The van der Waals surface area contributed by atoms with Gasteiger partial charge in [-0.3, -0.25) is 4.79 Å². The maximum Gasteiger partial charge on any atom is 0.257 e. The van der Waals surface area contributed by atoms with Gasteiger partial charge in [0.1, 0.15) is 6.26 Å². The van der Waals surface area contributed by atoms with Gasteiger partial charge in [0.15, 0.2) is 0 Å². The fourth-order valence-electron chi connectivity index (χ4n) is 2.06.